The van der Waals surface area contributed by atoms with Crippen LogP contribution in [0.15, 0.2) is 24.3 Å². The number of benzene rings is 1. The topological polar surface area (TPSA) is 21.3 Å². The van der Waals surface area contributed by atoms with Gasteiger partial charge in [0.1, 0.15) is 5.75 Å². The molecule has 96 valence electrons. The Morgan fingerprint density at radius 1 is 1.29 bits per heavy atom. The van der Waals surface area contributed by atoms with E-state index in [1.807, 2.05) is 6.07 Å². The summed E-state index contributed by atoms with van der Waals surface area (Å²) in [6.07, 6.45) is -2.62. The van der Waals surface area contributed by atoms with Crippen molar-refractivity contribution in [3.8, 4) is 5.75 Å². The van der Waals surface area contributed by atoms with E-state index in [1.165, 1.54) is 12.1 Å². The van der Waals surface area contributed by atoms with Crippen LogP contribution in [0.5, 0.6) is 5.75 Å². The van der Waals surface area contributed by atoms with Crippen LogP contribution in [0, 0.1) is 0 Å². The van der Waals surface area contributed by atoms with Gasteiger partial charge in [-0.25, -0.2) is 0 Å². The lowest BCUT2D eigenvalue weighted by Gasteiger charge is -2.13. The smallest absolute Gasteiger partial charge is 0.406 e. The summed E-state index contributed by atoms with van der Waals surface area (Å²) in [5.41, 5.74) is 0.847. The second kappa shape index (κ2) is 5.60. The van der Waals surface area contributed by atoms with Crippen molar-refractivity contribution in [2.45, 2.75) is 25.2 Å². The van der Waals surface area contributed by atoms with Crippen LogP contribution in [0.3, 0.4) is 0 Å². The molecule has 1 fully saturated rings. The zero-order valence-corrected chi connectivity index (χ0v) is 9.77. The standard InChI is InChI=1S/C11H12F3NO.ClH/c12-11(13,14)16-9-4-1-3-8(7-9)10-5-2-6-15-10;/h1,3-4,7,10,15H,2,5-6H2;1H. The summed E-state index contributed by atoms with van der Waals surface area (Å²) in [5, 5.41) is 3.23. The van der Waals surface area contributed by atoms with Crippen molar-refractivity contribution in [1.82, 2.24) is 5.32 Å². The minimum absolute atomic E-state index is 0. The van der Waals surface area contributed by atoms with Gasteiger partial charge in [-0.3, -0.25) is 0 Å². The lowest BCUT2D eigenvalue weighted by Crippen LogP contribution is -2.18. The SMILES string of the molecule is Cl.FC(F)(F)Oc1cccc(C2CCCN2)c1. The molecule has 1 aliphatic rings. The molecule has 1 saturated heterocycles. The summed E-state index contributed by atoms with van der Waals surface area (Å²) < 4.78 is 39.9. The van der Waals surface area contributed by atoms with Crippen molar-refractivity contribution in [3.05, 3.63) is 29.8 Å². The Bertz CT molecular complexity index is 364. The highest BCUT2D eigenvalue weighted by Gasteiger charge is 2.31. The number of rotatable bonds is 2. The molecule has 6 heteroatoms. The maximum absolute atomic E-state index is 12.0. The highest BCUT2D eigenvalue weighted by atomic mass is 35.5. The first-order chi connectivity index (χ1) is 7.54. The first-order valence-corrected chi connectivity index (χ1v) is 5.14. The Labute approximate surface area is 104 Å². The average molecular weight is 268 g/mol. The lowest BCUT2D eigenvalue weighted by molar-refractivity contribution is -0.274. The monoisotopic (exact) mass is 267 g/mol. The molecule has 0 bridgehead atoms. The van der Waals surface area contributed by atoms with Gasteiger partial charge >= 0.3 is 6.36 Å². The first-order valence-electron chi connectivity index (χ1n) is 5.14. The molecule has 2 nitrogen and oxygen atoms in total. The highest BCUT2D eigenvalue weighted by Crippen LogP contribution is 2.28. The predicted molar refractivity (Wildman–Crippen MR) is 60.4 cm³/mol. The van der Waals surface area contributed by atoms with Crippen molar-refractivity contribution < 1.29 is 17.9 Å². The molecule has 0 aliphatic carbocycles. The number of hydrogen-bond acceptors (Lipinski definition) is 2. The van der Waals surface area contributed by atoms with Crippen LogP contribution in [0.1, 0.15) is 24.4 Å². The molecule has 1 aromatic carbocycles. The molecule has 1 N–H and O–H groups in total. The molecule has 1 aliphatic heterocycles. The number of nitrogens with one attached hydrogen (secondary N) is 1. The van der Waals surface area contributed by atoms with Gasteiger partial charge in [0.05, 0.1) is 0 Å². The van der Waals surface area contributed by atoms with Gasteiger partial charge in [-0.05, 0) is 37.1 Å². The molecule has 1 atom stereocenters. The third kappa shape index (κ3) is 4.09. The normalized spacial score (nSPS) is 19.8. The van der Waals surface area contributed by atoms with Gasteiger partial charge in [0.2, 0.25) is 0 Å². The third-order valence-electron chi connectivity index (χ3n) is 2.55. The van der Waals surface area contributed by atoms with Crippen molar-refractivity contribution in [2.75, 3.05) is 6.54 Å². The minimum Gasteiger partial charge on any atom is -0.406 e. The molecule has 0 radical (unpaired) electrons. The van der Waals surface area contributed by atoms with Gasteiger partial charge in [-0.2, -0.15) is 0 Å². The molecule has 0 saturated carbocycles. The molecule has 1 aromatic rings. The van der Waals surface area contributed by atoms with Crippen molar-refractivity contribution in [3.63, 3.8) is 0 Å². The molecule has 2 rings (SSSR count). The van der Waals surface area contributed by atoms with Crippen LogP contribution in [0.2, 0.25) is 0 Å². The second-order valence-corrected chi connectivity index (χ2v) is 3.77. The van der Waals surface area contributed by atoms with E-state index in [1.54, 1.807) is 6.07 Å². The Kier molecular flexibility index (Phi) is 4.65. The summed E-state index contributed by atoms with van der Waals surface area (Å²) in [6.45, 7) is 0.912. The van der Waals surface area contributed by atoms with Crippen LogP contribution in [-0.4, -0.2) is 12.9 Å². The molecular weight excluding hydrogens is 255 g/mol. The minimum atomic E-state index is -4.62. The fourth-order valence-corrected chi connectivity index (χ4v) is 1.90. The van der Waals surface area contributed by atoms with Gasteiger partial charge in [0, 0.05) is 6.04 Å². The van der Waals surface area contributed by atoms with Gasteiger partial charge in [0.25, 0.3) is 0 Å². The van der Waals surface area contributed by atoms with E-state index in [2.05, 4.69) is 10.1 Å². The van der Waals surface area contributed by atoms with E-state index in [0.29, 0.717) is 0 Å². The Hall–Kier alpha value is -0.940. The molecule has 17 heavy (non-hydrogen) atoms. The molecule has 1 unspecified atom stereocenters. The zero-order valence-electron chi connectivity index (χ0n) is 8.96. The van der Waals surface area contributed by atoms with Crippen molar-refractivity contribution in [1.29, 1.82) is 0 Å². The van der Waals surface area contributed by atoms with Crippen molar-refractivity contribution >= 4 is 12.4 Å². The van der Waals surface area contributed by atoms with E-state index < -0.39 is 6.36 Å². The van der Waals surface area contributed by atoms with Crippen molar-refractivity contribution in [2.24, 2.45) is 0 Å². The lowest BCUT2D eigenvalue weighted by atomic mass is 10.1. The summed E-state index contributed by atoms with van der Waals surface area (Å²) in [4.78, 5) is 0. The largest absolute Gasteiger partial charge is 0.573 e. The number of halogens is 4. The van der Waals surface area contributed by atoms with E-state index in [4.69, 9.17) is 0 Å². The highest BCUT2D eigenvalue weighted by molar-refractivity contribution is 5.85. The van der Waals surface area contributed by atoms with Crippen LogP contribution in [-0.2, 0) is 0 Å². The predicted octanol–water partition coefficient (Wildman–Crippen LogP) is 3.43. The van der Waals surface area contributed by atoms with Gasteiger partial charge in [-0.1, -0.05) is 12.1 Å². The maximum atomic E-state index is 12.0. The van der Waals surface area contributed by atoms with E-state index in [-0.39, 0.29) is 24.2 Å². The summed E-state index contributed by atoms with van der Waals surface area (Å²) in [7, 11) is 0. The summed E-state index contributed by atoms with van der Waals surface area (Å²) in [5.74, 6) is -0.154. The van der Waals surface area contributed by atoms with E-state index in [9.17, 15) is 13.2 Å². The summed E-state index contributed by atoms with van der Waals surface area (Å²) in [6, 6.07) is 6.29. The Balaban J connectivity index is 0.00000144. The van der Waals surface area contributed by atoms with Gasteiger partial charge < -0.3 is 10.1 Å². The maximum Gasteiger partial charge on any atom is 0.573 e. The van der Waals surface area contributed by atoms with Crippen LogP contribution < -0.4 is 10.1 Å². The summed E-state index contributed by atoms with van der Waals surface area (Å²) >= 11 is 0. The number of ether oxygens (including phenoxy) is 1. The van der Waals surface area contributed by atoms with Gasteiger partial charge in [0.15, 0.2) is 0 Å². The number of alkyl halides is 3. The molecule has 0 aromatic heterocycles. The zero-order chi connectivity index (χ0) is 11.6. The Morgan fingerprint density at radius 2 is 2.06 bits per heavy atom. The molecule has 1 heterocycles. The van der Waals surface area contributed by atoms with Crippen LogP contribution in [0.4, 0.5) is 13.2 Å². The molecular formula is C11H13ClF3NO. The first kappa shape index (κ1) is 14.1. The van der Waals surface area contributed by atoms with Crippen LogP contribution >= 0.6 is 12.4 Å². The molecule has 0 spiro atoms. The van der Waals surface area contributed by atoms with E-state index >= 15 is 0 Å². The Morgan fingerprint density at radius 3 is 2.65 bits per heavy atom. The molecule has 0 amide bonds. The van der Waals surface area contributed by atoms with Gasteiger partial charge in [-0.15, -0.1) is 25.6 Å². The fraction of sp³-hybridized carbons (Fsp3) is 0.455. The number of hydrogen-bond donors (Lipinski definition) is 1. The quantitative estimate of drug-likeness (QED) is 0.886. The third-order valence-corrected chi connectivity index (χ3v) is 2.55. The fourth-order valence-electron chi connectivity index (χ4n) is 1.90. The average Bonchev–Trinajstić information content (AvgIpc) is 2.68. The van der Waals surface area contributed by atoms with E-state index in [0.717, 1.165) is 24.9 Å². The van der Waals surface area contributed by atoms with Crippen LogP contribution in [0.25, 0.3) is 0 Å². The second-order valence-electron chi connectivity index (χ2n) is 3.77.